The van der Waals surface area contributed by atoms with Crippen molar-refractivity contribution in [3.8, 4) is 0 Å². The Morgan fingerprint density at radius 1 is 1.27 bits per heavy atom. The molecule has 4 heteroatoms. The van der Waals surface area contributed by atoms with Gasteiger partial charge >= 0.3 is 0 Å². The van der Waals surface area contributed by atoms with E-state index < -0.39 is 0 Å². The van der Waals surface area contributed by atoms with Crippen molar-refractivity contribution < 1.29 is 9.59 Å². The Bertz CT molecular complexity index is 605. The zero-order chi connectivity index (χ0) is 16.3. The van der Waals surface area contributed by atoms with Gasteiger partial charge in [-0.2, -0.15) is 0 Å². The molecular formula is C18H24N2O2. The van der Waals surface area contributed by atoms with Crippen LogP contribution in [0.3, 0.4) is 0 Å². The SMILES string of the molecule is CCC(C)(C)NC(=O)CC1c2ccccc2C=CN1C(C)=O. The number of amides is 2. The van der Waals surface area contributed by atoms with E-state index >= 15 is 0 Å². The highest BCUT2D eigenvalue weighted by Crippen LogP contribution is 2.32. The van der Waals surface area contributed by atoms with E-state index in [-0.39, 0.29) is 29.8 Å². The summed E-state index contributed by atoms with van der Waals surface area (Å²) in [6.07, 6.45) is 4.81. The van der Waals surface area contributed by atoms with Crippen LogP contribution in [0.25, 0.3) is 6.08 Å². The van der Waals surface area contributed by atoms with Gasteiger partial charge in [-0.25, -0.2) is 0 Å². The number of hydrogen-bond acceptors (Lipinski definition) is 2. The predicted molar refractivity (Wildman–Crippen MR) is 87.9 cm³/mol. The molecule has 0 aliphatic carbocycles. The summed E-state index contributed by atoms with van der Waals surface area (Å²) in [4.78, 5) is 25.9. The van der Waals surface area contributed by atoms with Crippen LogP contribution in [-0.4, -0.2) is 22.3 Å². The molecule has 1 atom stereocenters. The first kappa shape index (κ1) is 16.3. The Hall–Kier alpha value is -2.10. The number of benzene rings is 1. The summed E-state index contributed by atoms with van der Waals surface area (Å²) < 4.78 is 0. The van der Waals surface area contributed by atoms with E-state index in [1.54, 1.807) is 11.1 Å². The van der Waals surface area contributed by atoms with Crippen molar-refractivity contribution in [3.63, 3.8) is 0 Å². The van der Waals surface area contributed by atoms with Crippen LogP contribution in [0.5, 0.6) is 0 Å². The normalized spacial score (nSPS) is 17.1. The molecule has 22 heavy (non-hydrogen) atoms. The van der Waals surface area contributed by atoms with Crippen molar-refractivity contribution in [3.05, 3.63) is 41.6 Å². The highest BCUT2D eigenvalue weighted by Gasteiger charge is 2.29. The molecule has 1 N–H and O–H groups in total. The Balaban J connectivity index is 2.24. The van der Waals surface area contributed by atoms with Gasteiger partial charge in [0.15, 0.2) is 0 Å². The van der Waals surface area contributed by atoms with Gasteiger partial charge in [-0.05, 0) is 37.5 Å². The van der Waals surface area contributed by atoms with Gasteiger partial charge in [-0.15, -0.1) is 0 Å². The molecule has 0 saturated heterocycles. The Labute approximate surface area is 132 Å². The third-order valence-corrected chi connectivity index (χ3v) is 4.21. The minimum absolute atomic E-state index is 0.0341. The third-order valence-electron chi connectivity index (χ3n) is 4.21. The molecule has 4 nitrogen and oxygen atoms in total. The lowest BCUT2D eigenvalue weighted by atomic mass is 9.93. The second-order valence-electron chi connectivity index (χ2n) is 6.38. The summed E-state index contributed by atoms with van der Waals surface area (Å²) in [5.74, 6) is -0.0912. The second-order valence-corrected chi connectivity index (χ2v) is 6.38. The molecule has 1 unspecified atom stereocenters. The largest absolute Gasteiger partial charge is 0.351 e. The molecule has 118 valence electrons. The van der Waals surface area contributed by atoms with Crippen LogP contribution < -0.4 is 5.32 Å². The zero-order valence-electron chi connectivity index (χ0n) is 13.7. The van der Waals surface area contributed by atoms with Crippen LogP contribution in [0.2, 0.25) is 0 Å². The average molecular weight is 300 g/mol. The number of rotatable bonds is 4. The fourth-order valence-electron chi connectivity index (χ4n) is 2.61. The average Bonchev–Trinajstić information content (AvgIpc) is 2.46. The van der Waals surface area contributed by atoms with Crippen LogP contribution in [0, 0.1) is 0 Å². The second kappa shape index (κ2) is 6.34. The molecule has 2 amide bonds. The van der Waals surface area contributed by atoms with E-state index in [0.29, 0.717) is 0 Å². The third kappa shape index (κ3) is 3.56. The Morgan fingerprint density at radius 3 is 2.59 bits per heavy atom. The van der Waals surface area contributed by atoms with Gasteiger partial charge in [0.1, 0.15) is 0 Å². The van der Waals surface area contributed by atoms with Crippen molar-refractivity contribution in [2.75, 3.05) is 0 Å². The molecule has 1 aromatic carbocycles. The van der Waals surface area contributed by atoms with Gasteiger partial charge in [0.2, 0.25) is 11.8 Å². The number of carbonyl (C=O) groups is 2. The molecule has 0 bridgehead atoms. The fraction of sp³-hybridized carbons (Fsp3) is 0.444. The lowest BCUT2D eigenvalue weighted by molar-refractivity contribution is -0.130. The molecule has 2 rings (SSSR count). The van der Waals surface area contributed by atoms with E-state index in [1.165, 1.54) is 6.92 Å². The summed E-state index contributed by atoms with van der Waals surface area (Å²) in [5, 5.41) is 3.04. The van der Waals surface area contributed by atoms with Crippen LogP contribution in [0.4, 0.5) is 0 Å². The van der Waals surface area contributed by atoms with E-state index in [0.717, 1.165) is 17.5 Å². The maximum atomic E-state index is 12.4. The maximum Gasteiger partial charge on any atom is 0.223 e. The number of carbonyl (C=O) groups excluding carboxylic acids is 2. The fourth-order valence-corrected chi connectivity index (χ4v) is 2.61. The van der Waals surface area contributed by atoms with E-state index in [9.17, 15) is 9.59 Å². The van der Waals surface area contributed by atoms with Crippen molar-refractivity contribution in [1.82, 2.24) is 10.2 Å². The molecule has 1 aliphatic heterocycles. The van der Waals surface area contributed by atoms with Crippen LogP contribution >= 0.6 is 0 Å². The number of nitrogens with one attached hydrogen (secondary N) is 1. The highest BCUT2D eigenvalue weighted by atomic mass is 16.2. The number of nitrogens with zero attached hydrogens (tertiary/aromatic N) is 1. The smallest absolute Gasteiger partial charge is 0.223 e. The number of hydrogen-bond donors (Lipinski definition) is 1. The lowest BCUT2D eigenvalue weighted by Gasteiger charge is -2.33. The summed E-state index contributed by atoms with van der Waals surface area (Å²) in [5.41, 5.74) is 1.85. The zero-order valence-corrected chi connectivity index (χ0v) is 13.7. The maximum absolute atomic E-state index is 12.4. The molecule has 0 saturated carbocycles. The first-order chi connectivity index (χ1) is 10.3. The summed E-state index contributed by atoms with van der Waals surface area (Å²) in [6, 6.07) is 7.65. The highest BCUT2D eigenvalue weighted by molar-refractivity contribution is 5.82. The summed E-state index contributed by atoms with van der Waals surface area (Å²) in [6.45, 7) is 7.57. The van der Waals surface area contributed by atoms with E-state index in [1.807, 2.05) is 51.1 Å². The summed E-state index contributed by atoms with van der Waals surface area (Å²) in [7, 11) is 0. The molecule has 1 aliphatic rings. The molecular weight excluding hydrogens is 276 g/mol. The molecule has 0 fully saturated rings. The van der Waals surface area contributed by atoms with Crippen LogP contribution in [-0.2, 0) is 9.59 Å². The Morgan fingerprint density at radius 2 is 1.95 bits per heavy atom. The van der Waals surface area contributed by atoms with Gasteiger partial charge in [-0.3, -0.25) is 9.59 Å². The first-order valence-electron chi connectivity index (χ1n) is 7.71. The van der Waals surface area contributed by atoms with Crippen molar-refractivity contribution in [2.24, 2.45) is 0 Å². The minimum Gasteiger partial charge on any atom is -0.351 e. The first-order valence-corrected chi connectivity index (χ1v) is 7.71. The molecule has 1 heterocycles. The van der Waals surface area contributed by atoms with Gasteiger partial charge in [0, 0.05) is 18.7 Å². The van der Waals surface area contributed by atoms with Gasteiger partial charge in [-0.1, -0.05) is 31.2 Å². The molecule has 0 aromatic heterocycles. The van der Waals surface area contributed by atoms with E-state index in [2.05, 4.69) is 5.32 Å². The summed E-state index contributed by atoms with van der Waals surface area (Å²) >= 11 is 0. The van der Waals surface area contributed by atoms with Crippen LogP contribution in [0.1, 0.15) is 57.7 Å². The topological polar surface area (TPSA) is 49.4 Å². The Kier molecular flexibility index (Phi) is 4.69. The van der Waals surface area contributed by atoms with Crippen LogP contribution in [0.15, 0.2) is 30.5 Å². The van der Waals surface area contributed by atoms with Crippen molar-refractivity contribution >= 4 is 17.9 Å². The molecule has 0 spiro atoms. The van der Waals surface area contributed by atoms with Gasteiger partial charge < -0.3 is 10.2 Å². The van der Waals surface area contributed by atoms with E-state index in [4.69, 9.17) is 0 Å². The minimum atomic E-state index is -0.244. The number of fused-ring (bicyclic) bond motifs is 1. The van der Waals surface area contributed by atoms with Gasteiger partial charge in [0.25, 0.3) is 0 Å². The lowest BCUT2D eigenvalue weighted by Crippen LogP contribution is -2.44. The molecule has 0 radical (unpaired) electrons. The van der Waals surface area contributed by atoms with Gasteiger partial charge in [0.05, 0.1) is 12.5 Å². The predicted octanol–water partition coefficient (Wildman–Crippen LogP) is 3.26. The monoisotopic (exact) mass is 300 g/mol. The van der Waals surface area contributed by atoms with Crippen molar-refractivity contribution in [2.45, 2.75) is 52.1 Å². The molecule has 1 aromatic rings. The van der Waals surface area contributed by atoms with Crippen molar-refractivity contribution in [1.29, 1.82) is 0 Å². The quantitative estimate of drug-likeness (QED) is 0.928. The standard InChI is InChI=1S/C18H24N2O2/c1-5-18(3,4)19-17(22)12-16-15-9-7-6-8-14(15)10-11-20(16)13(2)21/h6-11,16H,5,12H2,1-4H3,(H,19,22).